The molecule has 1 atom stereocenters. The minimum Gasteiger partial charge on any atom is -0.444 e. The first kappa shape index (κ1) is 39.0. The number of rotatable bonds is 5. The van der Waals surface area contributed by atoms with Crippen molar-refractivity contribution in [1.82, 2.24) is 33.3 Å². The summed E-state index contributed by atoms with van der Waals surface area (Å²) in [5.41, 5.74) is 1.94. The highest BCUT2D eigenvalue weighted by molar-refractivity contribution is 7.10. The van der Waals surface area contributed by atoms with Crippen LogP contribution in [0.1, 0.15) is 111 Å². The number of carbonyl (C=O) groups excluding carboxylic acids is 3. The number of carbonyl (C=O) groups is 3. The number of nitrogens with zero attached hydrogens (tertiary/aromatic N) is 8. The molecule has 0 aromatic carbocycles. The molecule has 2 saturated heterocycles. The van der Waals surface area contributed by atoms with Crippen molar-refractivity contribution in [1.29, 1.82) is 0 Å². The van der Waals surface area contributed by atoms with Gasteiger partial charge in [-0.15, -0.1) is 0 Å². The molecule has 2 aliphatic rings. The van der Waals surface area contributed by atoms with Crippen LogP contribution in [0.4, 0.5) is 25.2 Å². The van der Waals surface area contributed by atoms with Crippen LogP contribution in [-0.4, -0.2) is 94.6 Å². The van der Waals surface area contributed by atoms with Gasteiger partial charge in [-0.1, -0.05) is 0 Å². The number of fused-ring (bicyclic) bond motifs is 1. The van der Waals surface area contributed by atoms with Crippen molar-refractivity contribution in [2.24, 2.45) is 7.05 Å². The lowest BCUT2D eigenvalue weighted by Crippen LogP contribution is -2.42. The van der Waals surface area contributed by atoms with Crippen LogP contribution in [0.2, 0.25) is 0 Å². The van der Waals surface area contributed by atoms with Gasteiger partial charge < -0.3 is 28.6 Å². The van der Waals surface area contributed by atoms with Gasteiger partial charge >= 0.3 is 18.3 Å². The van der Waals surface area contributed by atoms with Crippen molar-refractivity contribution in [3.63, 3.8) is 0 Å². The fraction of sp³-hybridized carbons (Fsp3) is 0.590. The summed E-state index contributed by atoms with van der Waals surface area (Å²) < 4.78 is 25.9. The molecule has 2 fully saturated rings. The molecule has 4 aromatic rings. The Balaban J connectivity index is 1.39. The molecule has 14 nitrogen and oxygen atoms in total. The Bertz CT molecular complexity index is 1990. The highest BCUT2D eigenvalue weighted by Crippen LogP contribution is 2.39. The Kier molecular flexibility index (Phi) is 10.8. The molecule has 4 aromatic heterocycles. The number of amides is 3. The number of aromatic nitrogens is 5. The molecule has 2 aliphatic heterocycles. The summed E-state index contributed by atoms with van der Waals surface area (Å²) in [6.07, 6.45) is 7.50. The summed E-state index contributed by atoms with van der Waals surface area (Å²) in [6.45, 7) is 18.8. The lowest BCUT2D eigenvalue weighted by atomic mass is 9.94. The van der Waals surface area contributed by atoms with Crippen LogP contribution in [0.15, 0.2) is 36.8 Å². The fourth-order valence-corrected chi connectivity index (χ4v) is 7.60. The van der Waals surface area contributed by atoms with Gasteiger partial charge in [-0.05, 0) is 112 Å². The lowest BCUT2D eigenvalue weighted by molar-refractivity contribution is 0.0190. The maximum atomic E-state index is 14.4. The molecule has 0 aliphatic carbocycles. The van der Waals surface area contributed by atoms with Gasteiger partial charge in [-0.25, -0.2) is 24.3 Å². The molecule has 6 heterocycles. The predicted octanol–water partition coefficient (Wildman–Crippen LogP) is 8.49. The summed E-state index contributed by atoms with van der Waals surface area (Å²) in [4.78, 5) is 50.5. The maximum absolute atomic E-state index is 14.4. The Hall–Kier alpha value is -4.66. The molecule has 0 N–H and O–H groups in total. The quantitative estimate of drug-likeness (QED) is 0.183. The lowest BCUT2D eigenvalue weighted by Gasteiger charge is -2.34. The molecule has 3 amide bonds. The van der Waals surface area contributed by atoms with Gasteiger partial charge in [0.2, 0.25) is 0 Å². The highest BCUT2D eigenvalue weighted by atomic mass is 32.1. The zero-order chi connectivity index (χ0) is 39.2. The van der Waals surface area contributed by atoms with E-state index in [0.29, 0.717) is 55.5 Å². The van der Waals surface area contributed by atoms with E-state index >= 15 is 0 Å². The second-order valence-corrected chi connectivity index (χ2v) is 18.1. The van der Waals surface area contributed by atoms with Crippen molar-refractivity contribution >= 4 is 46.3 Å². The summed E-state index contributed by atoms with van der Waals surface area (Å²) in [5.74, 6) is 0.426. The Morgan fingerprint density at radius 3 is 2.07 bits per heavy atom. The van der Waals surface area contributed by atoms with Crippen LogP contribution in [-0.2, 0) is 21.3 Å². The van der Waals surface area contributed by atoms with E-state index < -0.39 is 22.9 Å². The second kappa shape index (κ2) is 14.9. The predicted molar refractivity (Wildman–Crippen MR) is 207 cm³/mol. The molecule has 1 unspecified atom stereocenters. The number of hydrogen-bond acceptors (Lipinski definition) is 10. The SMILES string of the molecule is Cn1ccc(-c2cnn3c(N(C(=O)OC(C)(C)C)c4cc(C5CCN(C(=O)OC(C)(C)C)CC5)ns4)cc(C4CCCN(C(=O)OC(C)(C)C)C4)nc23)c1. The molecule has 0 bridgehead atoms. The van der Waals surface area contributed by atoms with Crippen molar-refractivity contribution in [2.45, 2.75) is 117 Å². The molecule has 292 valence electrons. The van der Waals surface area contributed by atoms with Crippen LogP contribution < -0.4 is 4.90 Å². The average Bonchev–Trinajstić information content (AvgIpc) is 3.83. The van der Waals surface area contributed by atoms with Gasteiger partial charge in [0.05, 0.1) is 17.6 Å². The van der Waals surface area contributed by atoms with E-state index in [4.69, 9.17) is 28.7 Å². The molecule has 15 heteroatoms. The molecule has 0 saturated carbocycles. The molecule has 0 radical (unpaired) electrons. The first-order valence-electron chi connectivity index (χ1n) is 18.7. The van der Waals surface area contributed by atoms with E-state index in [1.165, 1.54) is 16.4 Å². The summed E-state index contributed by atoms with van der Waals surface area (Å²) in [6, 6.07) is 5.84. The highest BCUT2D eigenvalue weighted by Gasteiger charge is 2.35. The number of ether oxygens (including phenoxy) is 3. The summed E-state index contributed by atoms with van der Waals surface area (Å²) >= 11 is 1.22. The molecular formula is C39H54N8O6S. The maximum Gasteiger partial charge on any atom is 0.421 e. The Morgan fingerprint density at radius 1 is 0.815 bits per heavy atom. The first-order valence-corrected chi connectivity index (χ1v) is 19.5. The van der Waals surface area contributed by atoms with Gasteiger partial charge in [-0.3, -0.25) is 0 Å². The Morgan fingerprint density at radius 2 is 1.46 bits per heavy atom. The number of aryl methyl sites for hydroxylation is 1. The topological polar surface area (TPSA) is 137 Å². The van der Waals surface area contributed by atoms with E-state index in [1.807, 2.05) is 105 Å². The molecular weight excluding hydrogens is 709 g/mol. The van der Waals surface area contributed by atoms with Crippen LogP contribution in [0.3, 0.4) is 0 Å². The van der Waals surface area contributed by atoms with Gasteiger partial charge in [0, 0.05) is 74.6 Å². The number of hydrogen-bond donors (Lipinski definition) is 0. The van der Waals surface area contributed by atoms with Gasteiger partial charge in [0.25, 0.3) is 0 Å². The third-order valence-electron chi connectivity index (χ3n) is 9.21. The third-order valence-corrected chi connectivity index (χ3v) is 10.0. The van der Waals surface area contributed by atoms with Crippen molar-refractivity contribution < 1.29 is 28.6 Å². The van der Waals surface area contributed by atoms with Gasteiger partial charge in [0.15, 0.2) is 5.65 Å². The molecule has 0 spiro atoms. The third kappa shape index (κ3) is 9.16. The van der Waals surface area contributed by atoms with Crippen LogP contribution >= 0.6 is 11.5 Å². The zero-order valence-electron chi connectivity index (χ0n) is 33.2. The smallest absolute Gasteiger partial charge is 0.421 e. The summed E-state index contributed by atoms with van der Waals surface area (Å²) in [5, 5.41) is 5.36. The van der Waals surface area contributed by atoms with E-state index in [9.17, 15) is 14.4 Å². The molecule has 6 rings (SSSR count). The van der Waals surface area contributed by atoms with E-state index in [2.05, 4.69) is 0 Å². The van der Waals surface area contributed by atoms with E-state index in [-0.39, 0.29) is 24.0 Å². The standard InChI is InChI=1S/C39H54N8O6S/c1-37(2,3)51-34(48)44-18-14-25(15-19-44)30-21-32(54-42-30)46(36(50)53-39(7,8)9)31-20-29(27-12-11-16-45(24-27)35(49)52-38(4,5)6)41-33-28(22-40-47(31)33)26-13-17-43(10)23-26/h13,17,20-23,25,27H,11-12,14-16,18-19,24H2,1-10H3. The van der Waals surface area contributed by atoms with Gasteiger partial charge in [-0.2, -0.15) is 14.0 Å². The Labute approximate surface area is 321 Å². The van der Waals surface area contributed by atoms with Crippen LogP contribution in [0.25, 0.3) is 16.8 Å². The van der Waals surface area contributed by atoms with E-state index in [0.717, 1.165) is 35.4 Å². The molecule has 54 heavy (non-hydrogen) atoms. The average molecular weight is 763 g/mol. The fourth-order valence-electron chi connectivity index (χ4n) is 6.78. The number of piperidine rings is 2. The van der Waals surface area contributed by atoms with Crippen molar-refractivity contribution in [3.05, 3.63) is 48.2 Å². The largest absolute Gasteiger partial charge is 0.444 e. The minimum absolute atomic E-state index is 0.0951. The normalized spacial score (nSPS) is 17.5. The van der Waals surface area contributed by atoms with Gasteiger partial charge in [0.1, 0.15) is 27.6 Å². The number of anilines is 2. The van der Waals surface area contributed by atoms with Crippen molar-refractivity contribution in [3.8, 4) is 11.1 Å². The second-order valence-electron chi connectivity index (χ2n) is 17.3. The monoisotopic (exact) mass is 762 g/mol. The van der Waals surface area contributed by atoms with Crippen LogP contribution in [0.5, 0.6) is 0 Å². The first-order chi connectivity index (χ1) is 25.2. The zero-order valence-corrected chi connectivity index (χ0v) is 34.0. The van der Waals surface area contributed by atoms with E-state index in [1.54, 1.807) is 20.5 Å². The minimum atomic E-state index is -0.789. The summed E-state index contributed by atoms with van der Waals surface area (Å²) in [7, 11) is 1.96. The number of likely N-dealkylation sites (tertiary alicyclic amines) is 2. The van der Waals surface area contributed by atoms with Crippen LogP contribution in [0, 0.1) is 0 Å². The van der Waals surface area contributed by atoms with Crippen molar-refractivity contribution in [2.75, 3.05) is 31.1 Å².